The molecule has 0 bridgehead atoms. The molecule has 2 N–H and O–H groups in total. The number of urea groups is 1. The van der Waals surface area contributed by atoms with Gasteiger partial charge < -0.3 is 19.8 Å². The molecule has 0 aromatic carbocycles. The van der Waals surface area contributed by atoms with E-state index in [1.165, 1.54) is 12.8 Å². The highest BCUT2D eigenvalue weighted by Gasteiger charge is 2.59. The van der Waals surface area contributed by atoms with Crippen molar-refractivity contribution in [2.75, 3.05) is 26.2 Å². The number of likely N-dealkylation sites (tertiary alicyclic amines) is 1. The maximum absolute atomic E-state index is 12.5. The summed E-state index contributed by atoms with van der Waals surface area (Å²) in [5.41, 5.74) is 0.00781. The van der Waals surface area contributed by atoms with Gasteiger partial charge in [0.25, 0.3) is 0 Å². The molecule has 2 aliphatic heterocycles. The third-order valence-corrected chi connectivity index (χ3v) is 6.30. The minimum atomic E-state index is -0.0841. The number of nitrogens with zero attached hydrogens (tertiary/aromatic N) is 1. The molecule has 4 atom stereocenters. The van der Waals surface area contributed by atoms with Crippen molar-refractivity contribution in [2.24, 2.45) is 11.3 Å². The summed E-state index contributed by atoms with van der Waals surface area (Å²) in [5, 5.41) is 6.26. The van der Waals surface area contributed by atoms with Gasteiger partial charge in [0.15, 0.2) is 0 Å². The first-order valence-corrected chi connectivity index (χ1v) is 9.51. The van der Waals surface area contributed by atoms with Gasteiger partial charge in [-0.3, -0.25) is 4.90 Å². The molecule has 2 amide bonds. The van der Waals surface area contributed by atoms with Crippen molar-refractivity contribution >= 4 is 6.03 Å². The molecule has 6 nitrogen and oxygen atoms in total. The Kier molecular flexibility index (Phi) is 4.50. The third-order valence-electron chi connectivity index (χ3n) is 6.30. The van der Waals surface area contributed by atoms with Crippen LogP contribution in [0.1, 0.15) is 44.9 Å². The first-order valence-electron chi connectivity index (χ1n) is 9.51. The molecule has 138 valence electrons. The van der Waals surface area contributed by atoms with Gasteiger partial charge in [0.2, 0.25) is 0 Å². The Morgan fingerprint density at radius 1 is 1.40 bits per heavy atom. The predicted molar refractivity (Wildman–Crippen MR) is 94.2 cm³/mol. The van der Waals surface area contributed by atoms with E-state index in [9.17, 15) is 4.79 Å². The van der Waals surface area contributed by atoms with E-state index in [2.05, 4.69) is 29.4 Å². The molecule has 2 saturated heterocycles. The lowest BCUT2D eigenvalue weighted by Crippen LogP contribution is -2.67. The molecule has 3 aliphatic rings. The fourth-order valence-corrected chi connectivity index (χ4v) is 4.94. The molecule has 1 aromatic rings. The fourth-order valence-electron chi connectivity index (χ4n) is 4.94. The second-order valence-electron chi connectivity index (χ2n) is 8.17. The summed E-state index contributed by atoms with van der Waals surface area (Å²) in [6, 6.07) is 4.13. The van der Waals surface area contributed by atoms with E-state index in [0.29, 0.717) is 18.6 Å². The summed E-state index contributed by atoms with van der Waals surface area (Å²) in [4.78, 5) is 14.9. The zero-order valence-electron chi connectivity index (χ0n) is 15.2. The molecule has 0 radical (unpaired) electrons. The van der Waals surface area contributed by atoms with E-state index < -0.39 is 0 Å². The van der Waals surface area contributed by atoms with Crippen molar-refractivity contribution in [1.82, 2.24) is 15.5 Å². The molecule has 1 aliphatic carbocycles. The molecule has 4 rings (SSSR count). The quantitative estimate of drug-likeness (QED) is 0.859. The van der Waals surface area contributed by atoms with Crippen molar-refractivity contribution in [3.8, 4) is 0 Å². The van der Waals surface area contributed by atoms with Crippen LogP contribution in [-0.2, 0) is 4.74 Å². The number of ether oxygens (including phenoxy) is 1. The topological polar surface area (TPSA) is 66.7 Å². The highest BCUT2D eigenvalue weighted by Crippen LogP contribution is 2.52. The van der Waals surface area contributed by atoms with Crippen LogP contribution < -0.4 is 10.6 Å². The molecule has 0 spiro atoms. The molecule has 1 aromatic heterocycles. The number of furan rings is 1. The second-order valence-corrected chi connectivity index (χ2v) is 8.17. The molecule has 6 heteroatoms. The Balaban J connectivity index is 1.34. The molecule has 25 heavy (non-hydrogen) atoms. The van der Waals surface area contributed by atoms with Crippen molar-refractivity contribution < 1.29 is 13.9 Å². The lowest BCUT2D eigenvalue weighted by molar-refractivity contribution is -0.108. The van der Waals surface area contributed by atoms with E-state index in [1.807, 2.05) is 12.1 Å². The SMILES string of the molecule is CC1(C)[C@H](NC(=O)NC[C@H](c2ccco2)N2CCCC2)[C@H]2CCO[C@H]21. The number of hydrogen-bond donors (Lipinski definition) is 2. The number of carbonyl (C=O) groups is 1. The first kappa shape index (κ1) is 16.9. The summed E-state index contributed by atoms with van der Waals surface area (Å²) in [6.45, 7) is 7.86. The molecule has 0 unspecified atom stereocenters. The van der Waals surface area contributed by atoms with E-state index in [1.54, 1.807) is 6.26 Å². The molecule has 1 saturated carbocycles. The maximum Gasteiger partial charge on any atom is 0.315 e. The zero-order valence-corrected chi connectivity index (χ0v) is 15.2. The minimum Gasteiger partial charge on any atom is -0.468 e. The van der Waals surface area contributed by atoms with Gasteiger partial charge >= 0.3 is 6.03 Å². The smallest absolute Gasteiger partial charge is 0.315 e. The number of nitrogens with one attached hydrogen (secondary N) is 2. The van der Waals surface area contributed by atoms with E-state index in [0.717, 1.165) is 31.9 Å². The highest BCUT2D eigenvalue weighted by molar-refractivity contribution is 5.74. The number of rotatable bonds is 5. The fraction of sp³-hybridized carbons (Fsp3) is 0.737. The van der Waals surface area contributed by atoms with Crippen molar-refractivity contribution in [2.45, 2.75) is 51.3 Å². The zero-order chi connectivity index (χ0) is 17.4. The summed E-state index contributed by atoms with van der Waals surface area (Å²) in [7, 11) is 0. The van der Waals surface area contributed by atoms with Gasteiger partial charge in [-0.25, -0.2) is 4.79 Å². The van der Waals surface area contributed by atoms with Crippen molar-refractivity contribution in [3.05, 3.63) is 24.2 Å². The first-order chi connectivity index (χ1) is 12.1. The maximum atomic E-state index is 12.5. The van der Waals surface area contributed by atoms with Crippen LogP contribution in [0, 0.1) is 11.3 Å². The lowest BCUT2D eigenvalue weighted by Gasteiger charge is -2.54. The Hall–Kier alpha value is -1.53. The van der Waals surface area contributed by atoms with Crippen LogP contribution in [0.15, 0.2) is 22.8 Å². The summed E-state index contributed by atoms with van der Waals surface area (Å²) in [5.74, 6) is 1.38. The summed E-state index contributed by atoms with van der Waals surface area (Å²) >= 11 is 0. The van der Waals surface area contributed by atoms with Gasteiger partial charge in [0.05, 0.1) is 18.4 Å². The molecular formula is C19H29N3O3. The van der Waals surface area contributed by atoms with Crippen LogP contribution in [0.4, 0.5) is 4.79 Å². The Morgan fingerprint density at radius 2 is 2.20 bits per heavy atom. The van der Waals surface area contributed by atoms with Crippen molar-refractivity contribution in [3.63, 3.8) is 0 Å². The summed E-state index contributed by atoms with van der Waals surface area (Å²) in [6.07, 6.45) is 5.46. The largest absolute Gasteiger partial charge is 0.468 e. The van der Waals surface area contributed by atoms with E-state index in [-0.39, 0.29) is 23.5 Å². The van der Waals surface area contributed by atoms with Crippen LogP contribution in [-0.4, -0.2) is 49.3 Å². The summed E-state index contributed by atoms with van der Waals surface area (Å²) < 4.78 is 11.4. The normalized spacial score (nSPS) is 32.0. The Bertz CT molecular complexity index is 595. The monoisotopic (exact) mass is 347 g/mol. The van der Waals surface area contributed by atoms with Crippen molar-refractivity contribution in [1.29, 1.82) is 0 Å². The third kappa shape index (κ3) is 3.06. The van der Waals surface area contributed by atoms with Crippen LogP contribution in [0.5, 0.6) is 0 Å². The predicted octanol–water partition coefficient (Wildman–Crippen LogP) is 2.53. The highest BCUT2D eigenvalue weighted by atomic mass is 16.5. The second kappa shape index (κ2) is 6.65. The number of fused-ring (bicyclic) bond motifs is 1. The molecular weight excluding hydrogens is 318 g/mol. The lowest BCUT2D eigenvalue weighted by atomic mass is 9.57. The van der Waals surface area contributed by atoms with E-state index >= 15 is 0 Å². The Labute approximate surface area is 149 Å². The Morgan fingerprint density at radius 3 is 2.92 bits per heavy atom. The molecule has 3 heterocycles. The van der Waals surface area contributed by atoms with Crippen LogP contribution >= 0.6 is 0 Å². The van der Waals surface area contributed by atoms with Gasteiger partial charge in [-0.2, -0.15) is 0 Å². The number of hydrogen-bond acceptors (Lipinski definition) is 4. The van der Waals surface area contributed by atoms with Crippen LogP contribution in [0.2, 0.25) is 0 Å². The number of carbonyl (C=O) groups excluding carboxylic acids is 1. The van der Waals surface area contributed by atoms with Crippen LogP contribution in [0.25, 0.3) is 0 Å². The molecule has 3 fully saturated rings. The van der Waals surface area contributed by atoms with E-state index in [4.69, 9.17) is 9.15 Å². The van der Waals surface area contributed by atoms with Gasteiger partial charge in [0.1, 0.15) is 5.76 Å². The minimum absolute atomic E-state index is 0.00781. The van der Waals surface area contributed by atoms with Gasteiger partial charge in [-0.15, -0.1) is 0 Å². The van der Waals surface area contributed by atoms with Gasteiger partial charge in [0, 0.05) is 30.5 Å². The standard InChI is InChI=1S/C19H29N3O3/c1-19(2)16(13-7-11-25-17(13)19)21-18(23)20-12-14(15-6-5-10-24-15)22-8-3-4-9-22/h5-6,10,13-14,16-17H,3-4,7-9,11-12H2,1-2H3,(H2,20,21,23)/t13-,14-,16-,17-/m1/s1. The van der Waals surface area contributed by atoms with Crippen LogP contribution in [0.3, 0.4) is 0 Å². The van der Waals surface area contributed by atoms with Gasteiger partial charge in [-0.1, -0.05) is 13.8 Å². The average Bonchev–Trinajstić information content (AvgIpc) is 3.33. The average molecular weight is 347 g/mol. The number of amides is 2. The van der Waals surface area contributed by atoms with Gasteiger partial charge in [-0.05, 0) is 44.5 Å².